The molecule has 1 amide bonds. The number of rotatable bonds is 3. The first-order chi connectivity index (χ1) is 12.2. The zero-order chi connectivity index (χ0) is 17.2. The minimum absolute atomic E-state index is 0.0194. The van der Waals surface area contributed by atoms with Crippen LogP contribution in [0.2, 0.25) is 5.02 Å². The van der Waals surface area contributed by atoms with Gasteiger partial charge < -0.3 is 9.42 Å². The van der Waals surface area contributed by atoms with Crippen LogP contribution in [0.3, 0.4) is 0 Å². The Labute approximate surface area is 151 Å². The first kappa shape index (κ1) is 16.2. The highest BCUT2D eigenvalue weighted by atomic mass is 35.5. The number of hydrogen-bond donors (Lipinski definition) is 0. The molecule has 2 heterocycles. The van der Waals surface area contributed by atoms with E-state index in [1.807, 2.05) is 17.0 Å². The second-order valence-electron chi connectivity index (χ2n) is 6.50. The van der Waals surface area contributed by atoms with Gasteiger partial charge in [0.2, 0.25) is 0 Å². The van der Waals surface area contributed by atoms with Crippen LogP contribution < -0.4 is 0 Å². The van der Waals surface area contributed by atoms with Crippen molar-refractivity contribution in [2.75, 3.05) is 13.1 Å². The van der Waals surface area contributed by atoms with Crippen LogP contribution in [0.5, 0.6) is 0 Å². The van der Waals surface area contributed by atoms with E-state index in [0.717, 1.165) is 37.9 Å². The molecule has 1 unspecified atom stereocenters. The van der Waals surface area contributed by atoms with Gasteiger partial charge in [-0.2, -0.15) is 0 Å². The Morgan fingerprint density at radius 2 is 2.08 bits per heavy atom. The van der Waals surface area contributed by atoms with Gasteiger partial charge in [-0.3, -0.25) is 4.79 Å². The Morgan fingerprint density at radius 1 is 1.24 bits per heavy atom. The number of hydrogen-bond acceptors (Lipinski definition) is 3. The second-order valence-corrected chi connectivity index (χ2v) is 6.93. The van der Waals surface area contributed by atoms with Crippen LogP contribution in [-0.4, -0.2) is 29.1 Å². The average Bonchev–Trinajstić information content (AvgIpc) is 3.32. The van der Waals surface area contributed by atoms with Crippen molar-refractivity contribution in [3.05, 3.63) is 64.8 Å². The smallest absolute Gasteiger partial charge is 0.259 e. The van der Waals surface area contributed by atoms with Gasteiger partial charge in [0.15, 0.2) is 5.76 Å². The molecule has 1 fully saturated rings. The maximum atomic E-state index is 13.0. The quantitative estimate of drug-likeness (QED) is 0.800. The van der Waals surface area contributed by atoms with Gasteiger partial charge in [-0.25, -0.2) is 0 Å². The van der Waals surface area contributed by atoms with Crippen molar-refractivity contribution in [2.24, 2.45) is 5.92 Å². The molecule has 25 heavy (non-hydrogen) atoms. The van der Waals surface area contributed by atoms with Gasteiger partial charge in [0.25, 0.3) is 5.91 Å². The van der Waals surface area contributed by atoms with Gasteiger partial charge in [-0.05, 0) is 49.1 Å². The summed E-state index contributed by atoms with van der Waals surface area (Å²) in [4.78, 5) is 14.9. The molecule has 2 aromatic rings. The Hall–Kier alpha value is -2.33. The summed E-state index contributed by atoms with van der Waals surface area (Å²) < 4.78 is 5.35. The Balaban J connectivity index is 1.53. The number of carbonyl (C=O) groups is 1. The third-order valence-electron chi connectivity index (χ3n) is 4.88. The third kappa shape index (κ3) is 3.27. The zero-order valence-corrected chi connectivity index (χ0v) is 14.6. The Bertz CT molecular complexity index is 836. The summed E-state index contributed by atoms with van der Waals surface area (Å²) in [7, 11) is 0. The summed E-state index contributed by atoms with van der Waals surface area (Å²) in [6, 6.07) is 7.23. The molecule has 0 saturated carbocycles. The minimum atomic E-state index is -0.0194. The molecule has 0 N–H and O–H groups in total. The fourth-order valence-electron chi connectivity index (χ4n) is 3.52. The fraction of sp³-hybridized carbons (Fsp3) is 0.300. The summed E-state index contributed by atoms with van der Waals surface area (Å²) in [5.74, 6) is 0.912. The number of aromatic nitrogens is 1. The molecule has 4 rings (SSSR count). The van der Waals surface area contributed by atoms with Gasteiger partial charge in [0, 0.05) is 29.6 Å². The van der Waals surface area contributed by atoms with Crippen molar-refractivity contribution in [3.63, 3.8) is 0 Å². The van der Waals surface area contributed by atoms with E-state index in [4.69, 9.17) is 16.1 Å². The van der Waals surface area contributed by atoms with Crippen LogP contribution in [0.15, 0.2) is 58.8 Å². The lowest BCUT2D eigenvalue weighted by Crippen LogP contribution is -2.29. The highest BCUT2D eigenvalue weighted by Crippen LogP contribution is 2.31. The molecule has 1 aromatic heterocycles. The van der Waals surface area contributed by atoms with Gasteiger partial charge in [0.05, 0.1) is 6.20 Å². The lowest BCUT2D eigenvalue weighted by atomic mass is 9.93. The first-order valence-corrected chi connectivity index (χ1v) is 8.96. The summed E-state index contributed by atoms with van der Waals surface area (Å²) in [6.07, 6.45) is 11.5. The van der Waals surface area contributed by atoms with E-state index in [1.165, 1.54) is 11.8 Å². The number of nitrogens with zero attached hydrogens (tertiary/aromatic N) is 2. The Morgan fingerprint density at radius 3 is 2.84 bits per heavy atom. The van der Waals surface area contributed by atoms with Crippen molar-refractivity contribution < 1.29 is 9.32 Å². The molecule has 4 nitrogen and oxygen atoms in total. The first-order valence-electron chi connectivity index (χ1n) is 8.59. The molecular weight excluding hydrogens is 336 g/mol. The van der Waals surface area contributed by atoms with Crippen LogP contribution in [0.4, 0.5) is 0 Å². The summed E-state index contributed by atoms with van der Waals surface area (Å²) >= 11 is 5.94. The van der Waals surface area contributed by atoms with Crippen molar-refractivity contribution >= 4 is 17.5 Å². The van der Waals surface area contributed by atoms with Gasteiger partial charge >= 0.3 is 0 Å². The minimum Gasteiger partial charge on any atom is -0.355 e. The van der Waals surface area contributed by atoms with E-state index in [9.17, 15) is 4.79 Å². The normalized spacial score (nSPS) is 20.0. The maximum Gasteiger partial charge on any atom is 0.259 e. The topological polar surface area (TPSA) is 46.3 Å². The van der Waals surface area contributed by atoms with Crippen LogP contribution in [0.25, 0.3) is 11.3 Å². The lowest BCUT2D eigenvalue weighted by Gasteiger charge is -2.17. The van der Waals surface area contributed by atoms with Crippen molar-refractivity contribution in [1.29, 1.82) is 0 Å². The zero-order valence-electron chi connectivity index (χ0n) is 13.8. The van der Waals surface area contributed by atoms with E-state index in [0.29, 0.717) is 22.3 Å². The maximum absolute atomic E-state index is 13.0. The SMILES string of the molecule is O=C(c1cnoc1-c1ccc(Cl)cc1)N1CCC(C2=CCCC=C2)C1. The highest BCUT2D eigenvalue weighted by molar-refractivity contribution is 6.30. The molecule has 0 radical (unpaired) electrons. The fourth-order valence-corrected chi connectivity index (χ4v) is 3.65. The second kappa shape index (κ2) is 6.89. The van der Waals surface area contributed by atoms with E-state index in [2.05, 4.69) is 23.4 Å². The monoisotopic (exact) mass is 354 g/mol. The van der Waals surface area contributed by atoms with Crippen molar-refractivity contribution in [1.82, 2.24) is 10.1 Å². The van der Waals surface area contributed by atoms with E-state index < -0.39 is 0 Å². The summed E-state index contributed by atoms with van der Waals surface area (Å²) in [5, 5.41) is 4.49. The number of allylic oxidation sites excluding steroid dienone is 3. The molecule has 1 atom stereocenters. The van der Waals surface area contributed by atoms with E-state index in [1.54, 1.807) is 12.1 Å². The summed E-state index contributed by atoms with van der Waals surface area (Å²) in [5.41, 5.74) is 2.68. The van der Waals surface area contributed by atoms with Crippen molar-refractivity contribution in [2.45, 2.75) is 19.3 Å². The Kier molecular flexibility index (Phi) is 4.45. The molecule has 1 aliphatic carbocycles. The van der Waals surface area contributed by atoms with Gasteiger partial charge in [0.1, 0.15) is 5.56 Å². The number of carbonyl (C=O) groups excluding carboxylic acids is 1. The van der Waals surface area contributed by atoms with Crippen LogP contribution in [0, 0.1) is 5.92 Å². The van der Waals surface area contributed by atoms with Crippen LogP contribution in [0.1, 0.15) is 29.6 Å². The highest BCUT2D eigenvalue weighted by Gasteiger charge is 2.31. The van der Waals surface area contributed by atoms with E-state index >= 15 is 0 Å². The molecule has 2 aliphatic rings. The standard InChI is InChI=1S/C20H19ClN2O2/c21-17-8-6-15(7-9-17)19-18(12-22-25-19)20(24)23-11-10-16(13-23)14-4-2-1-3-5-14/h2,4-9,12,16H,1,3,10-11,13H2. The number of halogens is 1. The molecule has 128 valence electrons. The number of amides is 1. The molecule has 1 aliphatic heterocycles. The third-order valence-corrected chi connectivity index (χ3v) is 5.13. The molecule has 1 aromatic carbocycles. The largest absolute Gasteiger partial charge is 0.355 e. The molecule has 5 heteroatoms. The molecule has 0 spiro atoms. The molecular formula is C20H19ClN2O2. The van der Waals surface area contributed by atoms with E-state index in [-0.39, 0.29) is 5.91 Å². The predicted octanol–water partition coefficient (Wildman–Crippen LogP) is 4.73. The van der Waals surface area contributed by atoms with Crippen molar-refractivity contribution in [3.8, 4) is 11.3 Å². The summed E-state index contributed by atoms with van der Waals surface area (Å²) in [6.45, 7) is 1.51. The van der Waals surface area contributed by atoms with Gasteiger partial charge in [-0.1, -0.05) is 35.0 Å². The predicted molar refractivity (Wildman–Crippen MR) is 97.4 cm³/mol. The number of likely N-dealkylation sites (tertiary alicyclic amines) is 1. The average molecular weight is 355 g/mol. The number of benzene rings is 1. The lowest BCUT2D eigenvalue weighted by molar-refractivity contribution is 0.0789. The van der Waals surface area contributed by atoms with Crippen LogP contribution in [-0.2, 0) is 0 Å². The van der Waals surface area contributed by atoms with Crippen LogP contribution >= 0.6 is 11.6 Å². The molecule has 1 saturated heterocycles. The molecule has 0 bridgehead atoms. The van der Waals surface area contributed by atoms with Gasteiger partial charge in [-0.15, -0.1) is 0 Å².